The van der Waals surface area contributed by atoms with Crippen LogP contribution in [0.2, 0.25) is 0 Å². The quantitative estimate of drug-likeness (QED) is 0.209. The molecule has 266 valence electrons. The highest BCUT2D eigenvalue weighted by Crippen LogP contribution is 2.35. The Kier molecular flexibility index (Phi) is 9.89. The molecule has 4 aromatic rings. The third kappa shape index (κ3) is 7.19. The van der Waals surface area contributed by atoms with Gasteiger partial charge < -0.3 is 29.7 Å². The number of anilines is 2. The van der Waals surface area contributed by atoms with Crippen molar-refractivity contribution in [3.05, 3.63) is 89.3 Å². The standard InChI is InChI=1S/C35H43FN8O5S/c1-7-35(38-29-16-15-27(19-28(29)36)50(6,45)46)39-32(25-20-37-42(3)22-25)33(48-5)34(40-35)43(21-24-11-13-26(47-4)14-12-24)30-18-23(2)44(41-30)31-10-8-9-17-49-31/h11-16,18-20,22,31,38-39H,7-10,17,21H2,1-6H3. The van der Waals surface area contributed by atoms with E-state index in [-0.39, 0.29) is 16.8 Å². The highest BCUT2D eigenvalue weighted by Gasteiger charge is 2.40. The van der Waals surface area contributed by atoms with Gasteiger partial charge in [0.05, 0.1) is 43.2 Å². The normalized spacial score (nSPS) is 19.5. The van der Waals surface area contributed by atoms with Crippen molar-refractivity contribution in [2.24, 2.45) is 12.0 Å². The Morgan fingerprint density at radius 2 is 1.92 bits per heavy atom. The second-order valence-electron chi connectivity index (χ2n) is 12.5. The Morgan fingerprint density at radius 1 is 1.14 bits per heavy atom. The minimum atomic E-state index is -3.62. The Bertz CT molecular complexity index is 2020. The van der Waals surface area contributed by atoms with Crippen molar-refractivity contribution >= 4 is 32.9 Å². The molecule has 0 aliphatic carbocycles. The van der Waals surface area contributed by atoms with E-state index in [0.29, 0.717) is 48.2 Å². The molecule has 0 spiro atoms. The van der Waals surface area contributed by atoms with Crippen LogP contribution in [0.1, 0.15) is 55.7 Å². The third-order valence-electron chi connectivity index (χ3n) is 8.85. The minimum absolute atomic E-state index is 0.0672. The second kappa shape index (κ2) is 14.2. The number of aryl methyl sites for hydroxylation is 2. The predicted octanol–water partition coefficient (Wildman–Crippen LogP) is 5.37. The molecule has 1 saturated heterocycles. The molecule has 13 nitrogen and oxygen atoms in total. The lowest BCUT2D eigenvalue weighted by molar-refractivity contribution is -0.0405. The monoisotopic (exact) mass is 706 g/mol. The molecular weight excluding hydrogens is 664 g/mol. The van der Waals surface area contributed by atoms with Gasteiger partial charge in [-0.3, -0.25) is 4.68 Å². The van der Waals surface area contributed by atoms with Gasteiger partial charge in [-0.15, -0.1) is 0 Å². The molecule has 4 heterocycles. The van der Waals surface area contributed by atoms with Crippen molar-refractivity contribution in [1.82, 2.24) is 24.9 Å². The van der Waals surface area contributed by atoms with Gasteiger partial charge in [-0.2, -0.15) is 10.2 Å². The van der Waals surface area contributed by atoms with E-state index in [1.807, 2.05) is 67.0 Å². The smallest absolute Gasteiger partial charge is 0.207 e. The summed E-state index contributed by atoms with van der Waals surface area (Å²) in [4.78, 5) is 7.10. The molecule has 0 saturated carbocycles. The van der Waals surface area contributed by atoms with Crippen LogP contribution in [-0.2, 0) is 32.9 Å². The average molecular weight is 707 g/mol. The summed E-state index contributed by atoms with van der Waals surface area (Å²) in [7, 11) is 1.39. The van der Waals surface area contributed by atoms with E-state index in [1.165, 1.54) is 12.1 Å². The largest absolute Gasteiger partial charge is 0.497 e. The van der Waals surface area contributed by atoms with Crippen molar-refractivity contribution in [1.29, 1.82) is 0 Å². The number of sulfone groups is 1. The van der Waals surface area contributed by atoms with E-state index in [9.17, 15) is 8.42 Å². The molecule has 15 heteroatoms. The van der Waals surface area contributed by atoms with Crippen LogP contribution in [0, 0.1) is 12.7 Å². The van der Waals surface area contributed by atoms with Crippen LogP contribution < -0.4 is 20.3 Å². The first-order valence-electron chi connectivity index (χ1n) is 16.5. The van der Waals surface area contributed by atoms with Crippen LogP contribution in [0.4, 0.5) is 15.9 Å². The molecule has 0 radical (unpaired) electrons. The number of rotatable bonds is 11. The summed E-state index contributed by atoms with van der Waals surface area (Å²) in [5.41, 5.74) is 3.22. The zero-order valence-electron chi connectivity index (χ0n) is 29.1. The lowest BCUT2D eigenvalue weighted by Crippen LogP contribution is -2.54. The maximum Gasteiger partial charge on any atom is 0.207 e. The summed E-state index contributed by atoms with van der Waals surface area (Å²) in [6.07, 6.45) is 7.66. The van der Waals surface area contributed by atoms with Crippen molar-refractivity contribution < 1.29 is 27.0 Å². The Labute approximate surface area is 291 Å². The summed E-state index contributed by atoms with van der Waals surface area (Å²) in [5.74, 6) is 0.133. The minimum Gasteiger partial charge on any atom is -0.497 e. The number of ether oxygens (including phenoxy) is 3. The lowest BCUT2D eigenvalue weighted by Gasteiger charge is -2.40. The van der Waals surface area contributed by atoms with Crippen molar-refractivity contribution in [2.75, 3.05) is 37.3 Å². The van der Waals surface area contributed by atoms with E-state index >= 15 is 4.39 Å². The van der Waals surface area contributed by atoms with E-state index < -0.39 is 21.4 Å². The first-order valence-corrected chi connectivity index (χ1v) is 18.3. The number of hydrogen-bond acceptors (Lipinski definition) is 11. The molecule has 1 fully saturated rings. The maximum absolute atomic E-state index is 15.6. The second-order valence-corrected chi connectivity index (χ2v) is 14.5. The molecule has 2 atom stereocenters. The van der Waals surface area contributed by atoms with Crippen molar-refractivity contribution in [3.8, 4) is 5.75 Å². The molecule has 2 aromatic heterocycles. The van der Waals surface area contributed by atoms with Gasteiger partial charge in [0.1, 0.15) is 11.6 Å². The lowest BCUT2D eigenvalue weighted by atomic mass is 10.1. The maximum atomic E-state index is 15.6. The summed E-state index contributed by atoms with van der Waals surface area (Å²) >= 11 is 0. The first kappa shape index (κ1) is 35.0. The molecule has 2 aliphatic heterocycles. The summed E-state index contributed by atoms with van der Waals surface area (Å²) in [6, 6.07) is 13.5. The predicted molar refractivity (Wildman–Crippen MR) is 189 cm³/mol. The molecule has 2 aliphatic rings. The van der Waals surface area contributed by atoms with E-state index in [4.69, 9.17) is 24.3 Å². The fourth-order valence-electron chi connectivity index (χ4n) is 6.12. The number of hydrogen-bond donors (Lipinski definition) is 2. The van der Waals surface area contributed by atoms with Crippen LogP contribution in [0.3, 0.4) is 0 Å². The molecule has 0 bridgehead atoms. The van der Waals surface area contributed by atoms with Crippen LogP contribution in [0.5, 0.6) is 5.75 Å². The molecule has 2 N–H and O–H groups in total. The molecule has 2 unspecified atom stereocenters. The van der Waals surface area contributed by atoms with Crippen LogP contribution in [-0.4, -0.2) is 66.7 Å². The van der Waals surface area contributed by atoms with E-state index in [2.05, 4.69) is 15.7 Å². The molecule has 2 aromatic carbocycles. The number of amidine groups is 1. The average Bonchev–Trinajstić information content (AvgIpc) is 3.73. The number of methoxy groups -OCH3 is 2. The van der Waals surface area contributed by atoms with Gasteiger partial charge in [-0.05, 0) is 62.1 Å². The molecule has 50 heavy (non-hydrogen) atoms. The molecular formula is C35H43FN8O5S. The van der Waals surface area contributed by atoms with E-state index in [0.717, 1.165) is 48.6 Å². The number of aliphatic imine (C=N–C) groups is 1. The SMILES string of the molecule is CCC1(Nc2ccc(S(C)(=O)=O)cc2F)N=C(N(Cc2ccc(OC)cc2)c2cc(C)n(C3CCCCO3)n2)C(OC)=C(c2cnn(C)c2)N1. The molecule has 6 rings (SSSR count). The van der Waals surface area contributed by atoms with Gasteiger partial charge in [-0.1, -0.05) is 19.1 Å². The summed E-state index contributed by atoms with van der Waals surface area (Å²) in [6.45, 7) is 4.93. The zero-order chi connectivity index (χ0) is 35.6. The van der Waals surface area contributed by atoms with Crippen molar-refractivity contribution in [2.45, 2.75) is 63.0 Å². The fraction of sp³-hybridized carbons (Fsp3) is 0.400. The highest BCUT2D eigenvalue weighted by atomic mass is 32.2. The summed E-state index contributed by atoms with van der Waals surface area (Å²) in [5, 5.41) is 16.2. The Hall–Kier alpha value is -4.89. The fourth-order valence-corrected chi connectivity index (χ4v) is 6.75. The van der Waals surface area contributed by atoms with Crippen LogP contribution in [0.25, 0.3) is 5.70 Å². The van der Waals surface area contributed by atoms with Gasteiger partial charge in [-0.25, -0.2) is 22.5 Å². The van der Waals surface area contributed by atoms with Gasteiger partial charge in [0.15, 0.2) is 33.5 Å². The number of benzene rings is 2. The highest BCUT2D eigenvalue weighted by molar-refractivity contribution is 7.90. The van der Waals surface area contributed by atoms with Gasteiger partial charge >= 0.3 is 0 Å². The topological polar surface area (TPSA) is 137 Å². The zero-order valence-corrected chi connectivity index (χ0v) is 29.9. The van der Waals surface area contributed by atoms with Crippen LogP contribution >= 0.6 is 0 Å². The third-order valence-corrected chi connectivity index (χ3v) is 9.96. The first-order chi connectivity index (χ1) is 23.9. The number of nitrogens with one attached hydrogen (secondary N) is 2. The van der Waals surface area contributed by atoms with E-state index in [1.54, 1.807) is 25.1 Å². The number of halogens is 1. The van der Waals surface area contributed by atoms with Gasteiger partial charge in [0, 0.05) is 49.9 Å². The number of nitrogens with zero attached hydrogens (tertiary/aromatic N) is 6. The van der Waals surface area contributed by atoms with Crippen LogP contribution in [0.15, 0.2) is 76.6 Å². The van der Waals surface area contributed by atoms with Gasteiger partial charge in [0.25, 0.3) is 0 Å². The molecule has 0 amide bonds. The Morgan fingerprint density at radius 3 is 2.52 bits per heavy atom. The number of aromatic nitrogens is 4. The van der Waals surface area contributed by atoms with Crippen molar-refractivity contribution in [3.63, 3.8) is 0 Å². The summed E-state index contributed by atoms with van der Waals surface area (Å²) < 4.78 is 61.2. The Balaban J connectivity index is 1.53. The van der Waals surface area contributed by atoms with Gasteiger partial charge in [0.2, 0.25) is 5.79 Å².